The van der Waals surface area contributed by atoms with Gasteiger partial charge in [0.05, 0.1) is 0 Å². The molecule has 5 heteroatoms. The lowest BCUT2D eigenvalue weighted by Crippen LogP contribution is -2.57. The SMILES string of the molecule is CCC(=O)O[C@]1(C(=O)CO)CCC2C3CCC4=CC(=O)CC[C@]4(C)C3=CC[C@@]21C. The summed E-state index contributed by atoms with van der Waals surface area (Å²) in [6, 6.07) is 0. The Bertz CT molecular complexity index is 823. The van der Waals surface area contributed by atoms with Gasteiger partial charge in [-0.15, -0.1) is 0 Å². The first-order valence-electron chi connectivity index (χ1n) is 11.0. The third-order valence-electron chi connectivity index (χ3n) is 8.63. The van der Waals surface area contributed by atoms with Crippen LogP contribution in [0.1, 0.15) is 72.1 Å². The van der Waals surface area contributed by atoms with E-state index in [1.807, 2.05) is 6.08 Å². The molecule has 0 radical (unpaired) electrons. The van der Waals surface area contributed by atoms with Crippen molar-refractivity contribution >= 4 is 17.5 Å². The van der Waals surface area contributed by atoms with Crippen molar-refractivity contribution in [2.75, 3.05) is 6.61 Å². The van der Waals surface area contributed by atoms with Crippen LogP contribution in [0, 0.1) is 22.7 Å². The Morgan fingerprint density at radius 3 is 2.66 bits per heavy atom. The maximum absolute atomic E-state index is 12.9. The Balaban J connectivity index is 1.76. The second-order valence-electron chi connectivity index (χ2n) is 9.78. The molecule has 0 aromatic carbocycles. The number of allylic oxidation sites excluding steroid dienone is 4. The molecular weight excluding hydrogens is 368 g/mol. The second-order valence-corrected chi connectivity index (χ2v) is 9.78. The smallest absolute Gasteiger partial charge is 0.306 e. The van der Waals surface area contributed by atoms with E-state index in [4.69, 9.17) is 4.74 Å². The zero-order valence-electron chi connectivity index (χ0n) is 17.8. The minimum atomic E-state index is -1.24. The molecule has 2 saturated carbocycles. The van der Waals surface area contributed by atoms with Crippen LogP contribution < -0.4 is 0 Å². The van der Waals surface area contributed by atoms with Gasteiger partial charge in [0.2, 0.25) is 5.78 Å². The predicted octanol–water partition coefficient (Wildman–Crippen LogP) is 3.69. The Hall–Kier alpha value is -1.75. The van der Waals surface area contributed by atoms with E-state index in [-0.39, 0.29) is 35.3 Å². The summed E-state index contributed by atoms with van der Waals surface area (Å²) < 4.78 is 5.87. The highest BCUT2D eigenvalue weighted by Crippen LogP contribution is 2.66. The summed E-state index contributed by atoms with van der Waals surface area (Å²) in [5, 5.41) is 9.71. The fourth-order valence-corrected chi connectivity index (χ4v) is 6.93. The molecule has 0 aromatic rings. The third kappa shape index (κ3) is 2.73. The second kappa shape index (κ2) is 6.90. The van der Waals surface area contributed by atoms with Crippen LogP contribution in [0.15, 0.2) is 23.3 Å². The highest BCUT2D eigenvalue weighted by atomic mass is 16.6. The summed E-state index contributed by atoms with van der Waals surface area (Å²) in [6.45, 7) is 5.47. The molecule has 0 heterocycles. The Morgan fingerprint density at radius 1 is 1.21 bits per heavy atom. The lowest BCUT2D eigenvalue weighted by atomic mass is 9.50. The molecule has 1 N–H and O–H groups in total. The summed E-state index contributed by atoms with van der Waals surface area (Å²) in [4.78, 5) is 37.2. The van der Waals surface area contributed by atoms with Crippen molar-refractivity contribution in [2.45, 2.75) is 77.7 Å². The third-order valence-corrected chi connectivity index (χ3v) is 8.63. The average molecular weight is 401 g/mol. The molecular formula is C24H32O5. The summed E-state index contributed by atoms with van der Waals surface area (Å²) in [5.41, 5.74) is 0.867. The molecule has 4 aliphatic carbocycles. The molecule has 4 rings (SSSR count). The van der Waals surface area contributed by atoms with Gasteiger partial charge in [0, 0.05) is 23.7 Å². The highest BCUT2D eigenvalue weighted by Gasteiger charge is 2.66. The van der Waals surface area contributed by atoms with Gasteiger partial charge in [-0.2, -0.15) is 0 Å². The Morgan fingerprint density at radius 2 is 1.97 bits per heavy atom. The summed E-state index contributed by atoms with van der Waals surface area (Å²) >= 11 is 0. The van der Waals surface area contributed by atoms with Crippen molar-refractivity contribution in [1.82, 2.24) is 0 Å². The van der Waals surface area contributed by atoms with Crippen molar-refractivity contribution < 1.29 is 24.2 Å². The molecule has 0 bridgehead atoms. The highest BCUT2D eigenvalue weighted by molar-refractivity contribution is 5.93. The van der Waals surface area contributed by atoms with Crippen molar-refractivity contribution in [3.05, 3.63) is 23.3 Å². The van der Waals surface area contributed by atoms with Crippen LogP contribution in [0.5, 0.6) is 0 Å². The van der Waals surface area contributed by atoms with Crippen LogP contribution >= 0.6 is 0 Å². The quantitative estimate of drug-likeness (QED) is 0.575. The molecule has 0 aliphatic heterocycles. The summed E-state index contributed by atoms with van der Waals surface area (Å²) in [5.74, 6) is 0.0515. The maximum atomic E-state index is 12.9. The molecule has 4 aliphatic rings. The summed E-state index contributed by atoms with van der Waals surface area (Å²) in [7, 11) is 0. The van der Waals surface area contributed by atoms with E-state index in [9.17, 15) is 19.5 Å². The standard InChI is InChI=1S/C24H32O5/c1-4-21(28)29-24(20(27)14-25)12-9-19-17-6-5-15-13-16(26)7-10-22(15,2)18(17)8-11-23(19,24)3/h8,13,17,19,25H,4-7,9-12,14H2,1-3H3/t17?,19?,22-,23-,24-/m0/s1. The minimum absolute atomic E-state index is 0.0650. The van der Waals surface area contributed by atoms with E-state index in [0.29, 0.717) is 25.2 Å². The number of ether oxygens (including phenoxy) is 1. The molecule has 0 spiro atoms. The Labute approximate surface area is 172 Å². The van der Waals surface area contributed by atoms with Crippen molar-refractivity contribution in [2.24, 2.45) is 22.7 Å². The first-order chi connectivity index (χ1) is 13.7. The zero-order chi connectivity index (χ0) is 21.0. The average Bonchev–Trinajstić information content (AvgIpc) is 3.01. The van der Waals surface area contributed by atoms with Crippen molar-refractivity contribution in [3.63, 3.8) is 0 Å². The molecule has 158 valence electrons. The van der Waals surface area contributed by atoms with E-state index >= 15 is 0 Å². The largest absolute Gasteiger partial charge is 0.450 e. The van der Waals surface area contributed by atoms with Gasteiger partial charge in [-0.1, -0.05) is 38.0 Å². The van der Waals surface area contributed by atoms with Crippen molar-refractivity contribution in [3.8, 4) is 0 Å². The van der Waals surface area contributed by atoms with Gasteiger partial charge in [0.1, 0.15) is 6.61 Å². The van der Waals surface area contributed by atoms with E-state index in [1.165, 1.54) is 11.1 Å². The summed E-state index contributed by atoms with van der Waals surface area (Å²) in [6.07, 6.45) is 9.62. The van der Waals surface area contributed by atoms with Gasteiger partial charge in [-0.25, -0.2) is 0 Å². The number of aliphatic hydroxyl groups excluding tert-OH is 1. The van der Waals surface area contributed by atoms with E-state index in [1.54, 1.807) is 6.92 Å². The van der Waals surface area contributed by atoms with Gasteiger partial charge in [0.25, 0.3) is 0 Å². The number of aliphatic hydroxyl groups is 1. The van der Waals surface area contributed by atoms with E-state index in [0.717, 1.165) is 25.7 Å². The molecule has 0 amide bonds. The van der Waals surface area contributed by atoms with Crippen LogP contribution in [0.2, 0.25) is 0 Å². The van der Waals surface area contributed by atoms with Gasteiger partial charge in [0.15, 0.2) is 11.4 Å². The molecule has 2 fully saturated rings. The van der Waals surface area contributed by atoms with E-state index < -0.39 is 17.6 Å². The lowest BCUT2D eigenvalue weighted by molar-refractivity contribution is -0.184. The number of esters is 1. The first-order valence-corrected chi connectivity index (χ1v) is 11.0. The maximum Gasteiger partial charge on any atom is 0.306 e. The molecule has 2 unspecified atom stereocenters. The minimum Gasteiger partial charge on any atom is -0.450 e. The zero-order valence-corrected chi connectivity index (χ0v) is 17.8. The number of hydrogen-bond donors (Lipinski definition) is 1. The molecule has 29 heavy (non-hydrogen) atoms. The van der Waals surface area contributed by atoms with Crippen molar-refractivity contribution in [1.29, 1.82) is 0 Å². The van der Waals surface area contributed by atoms with Crippen LogP contribution in [0.25, 0.3) is 0 Å². The molecule has 0 aromatic heterocycles. The number of ketones is 2. The number of carbonyl (C=O) groups is 3. The molecule has 5 atom stereocenters. The van der Waals surface area contributed by atoms with E-state index in [2.05, 4.69) is 19.9 Å². The number of Topliss-reactive ketones (excluding diaryl/α,β-unsaturated/α-hetero) is 1. The molecule has 5 nitrogen and oxygen atoms in total. The Kier molecular flexibility index (Phi) is 4.88. The monoisotopic (exact) mass is 400 g/mol. The first kappa shape index (κ1) is 20.5. The van der Waals surface area contributed by atoms with Gasteiger partial charge < -0.3 is 9.84 Å². The number of rotatable bonds is 4. The number of hydrogen-bond acceptors (Lipinski definition) is 5. The normalized spacial score (nSPS) is 40.9. The topological polar surface area (TPSA) is 80.7 Å². The molecule has 0 saturated heterocycles. The number of carbonyl (C=O) groups excluding carboxylic acids is 3. The van der Waals surface area contributed by atoms with Crippen LogP contribution in [-0.2, 0) is 19.1 Å². The van der Waals surface area contributed by atoms with Gasteiger partial charge in [-0.3, -0.25) is 14.4 Å². The fourth-order valence-electron chi connectivity index (χ4n) is 6.93. The lowest BCUT2D eigenvalue weighted by Gasteiger charge is -2.55. The van der Waals surface area contributed by atoms with Crippen LogP contribution in [0.3, 0.4) is 0 Å². The van der Waals surface area contributed by atoms with Crippen LogP contribution in [0.4, 0.5) is 0 Å². The van der Waals surface area contributed by atoms with Gasteiger partial charge in [-0.05, 0) is 56.4 Å². The fraction of sp³-hybridized carbons (Fsp3) is 0.708. The van der Waals surface area contributed by atoms with Crippen LogP contribution in [-0.4, -0.2) is 34.9 Å². The van der Waals surface area contributed by atoms with Gasteiger partial charge >= 0.3 is 5.97 Å². The predicted molar refractivity (Wildman–Crippen MR) is 108 cm³/mol. The number of fused-ring (bicyclic) bond motifs is 5.